The van der Waals surface area contributed by atoms with Gasteiger partial charge < -0.3 is 10.8 Å². The molecule has 5 heteroatoms. The molecule has 1 atom stereocenters. The molecule has 1 saturated carbocycles. The molecule has 0 aromatic heterocycles. The number of hydrogen-bond acceptors (Lipinski definition) is 4. The summed E-state index contributed by atoms with van der Waals surface area (Å²) in [6.45, 7) is 1.61. The zero-order valence-corrected chi connectivity index (χ0v) is 9.72. The fourth-order valence-corrected chi connectivity index (χ4v) is 2.07. The van der Waals surface area contributed by atoms with Crippen molar-refractivity contribution >= 4 is 5.69 Å². The van der Waals surface area contributed by atoms with Crippen molar-refractivity contribution in [1.82, 2.24) is 0 Å². The van der Waals surface area contributed by atoms with E-state index in [4.69, 9.17) is 5.73 Å². The molecular formula is C12H16N2O3. The van der Waals surface area contributed by atoms with Crippen molar-refractivity contribution in [2.45, 2.75) is 32.2 Å². The highest BCUT2D eigenvalue weighted by Gasteiger charge is 2.28. The van der Waals surface area contributed by atoms with Crippen molar-refractivity contribution in [2.75, 3.05) is 0 Å². The van der Waals surface area contributed by atoms with Gasteiger partial charge in [-0.05, 0) is 19.3 Å². The Morgan fingerprint density at radius 1 is 1.59 bits per heavy atom. The Balaban J connectivity index is 2.33. The summed E-state index contributed by atoms with van der Waals surface area (Å²) >= 11 is 0. The van der Waals surface area contributed by atoms with Crippen LogP contribution in [-0.4, -0.2) is 10.0 Å². The third kappa shape index (κ3) is 2.39. The zero-order valence-electron chi connectivity index (χ0n) is 9.72. The molecular weight excluding hydrogens is 220 g/mol. The molecule has 0 radical (unpaired) electrons. The van der Waals surface area contributed by atoms with Crippen LogP contribution in [0.5, 0.6) is 5.75 Å². The first-order valence-electron chi connectivity index (χ1n) is 5.73. The summed E-state index contributed by atoms with van der Waals surface area (Å²) in [6.07, 6.45) is 3.12. The number of nitrogens with two attached hydrogens (primary N) is 1. The first-order valence-corrected chi connectivity index (χ1v) is 5.73. The van der Waals surface area contributed by atoms with Gasteiger partial charge in [-0.15, -0.1) is 0 Å². The monoisotopic (exact) mass is 236 g/mol. The molecule has 3 N–H and O–H groups in total. The Bertz CT molecular complexity index is 455. The number of nitro benzene ring substituents is 1. The van der Waals surface area contributed by atoms with E-state index in [1.54, 1.807) is 19.1 Å². The van der Waals surface area contributed by atoms with E-state index in [0.717, 1.165) is 6.42 Å². The maximum atomic E-state index is 10.9. The summed E-state index contributed by atoms with van der Waals surface area (Å²) in [4.78, 5) is 10.3. The van der Waals surface area contributed by atoms with Crippen molar-refractivity contribution < 1.29 is 10.0 Å². The van der Waals surface area contributed by atoms with Crippen LogP contribution in [0.15, 0.2) is 12.1 Å². The van der Waals surface area contributed by atoms with Gasteiger partial charge in [0.15, 0.2) is 5.75 Å². The second-order valence-electron chi connectivity index (χ2n) is 4.71. The van der Waals surface area contributed by atoms with Crippen LogP contribution >= 0.6 is 0 Å². The highest BCUT2D eigenvalue weighted by Crippen LogP contribution is 2.41. The number of hydrogen-bond donors (Lipinski definition) is 2. The molecule has 2 rings (SSSR count). The van der Waals surface area contributed by atoms with Gasteiger partial charge in [0.2, 0.25) is 0 Å². The number of phenols is 1. The number of rotatable bonds is 4. The maximum Gasteiger partial charge on any atom is 0.313 e. The first-order chi connectivity index (χ1) is 8.00. The molecule has 17 heavy (non-hydrogen) atoms. The lowest BCUT2D eigenvalue weighted by Gasteiger charge is -2.13. The van der Waals surface area contributed by atoms with Gasteiger partial charge in [-0.2, -0.15) is 0 Å². The van der Waals surface area contributed by atoms with Crippen molar-refractivity contribution in [1.29, 1.82) is 0 Å². The summed E-state index contributed by atoms with van der Waals surface area (Å²) in [7, 11) is 0. The molecule has 0 amide bonds. The maximum absolute atomic E-state index is 10.9. The Morgan fingerprint density at radius 2 is 2.24 bits per heavy atom. The van der Waals surface area contributed by atoms with Crippen molar-refractivity contribution in [3.8, 4) is 5.75 Å². The third-order valence-electron chi connectivity index (χ3n) is 3.25. The zero-order chi connectivity index (χ0) is 12.6. The van der Waals surface area contributed by atoms with Gasteiger partial charge in [0.1, 0.15) is 0 Å². The molecule has 0 aliphatic heterocycles. The molecule has 1 aliphatic rings. The fraction of sp³-hybridized carbons (Fsp3) is 0.500. The van der Waals surface area contributed by atoms with Crippen LogP contribution in [-0.2, 0) is 0 Å². The standard InChI is InChI=1S/C12H16N2O3/c1-7-2-5-9(10(13)6-8-3-4-8)12(15)11(7)14(16)17/h2,5,8,10,15H,3-4,6,13H2,1H3/t10-/m1/s1. The molecule has 0 spiro atoms. The van der Waals surface area contributed by atoms with E-state index in [-0.39, 0.29) is 17.5 Å². The van der Waals surface area contributed by atoms with Crippen molar-refractivity contribution in [3.63, 3.8) is 0 Å². The summed E-state index contributed by atoms with van der Waals surface area (Å²) in [6, 6.07) is 3.01. The fourth-order valence-electron chi connectivity index (χ4n) is 2.07. The van der Waals surface area contributed by atoms with E-state index < -0.39 is 4.92 Å². The minimum atomic E-state index is -0.558. The summed E-state index contributed by atoms with van der Waals surface area (Å²) < 4.78 is 0. The van der Waals surface area contributed by atoms with Crippen LogP contribution in [0.2, 0.25) is 0 Å². The highest BCUT2D eigenvalue weighted by atomic mass is 16.6. The Hall–Kier alpha value is -1.62. The second kappa shape index (κ2) is 4.33. The van der Waals surface area contributed by atoms with E-state index in [2.05, 4.69) is 0 Å². The van der Waals surface area contributed by atoms with Gasteiger partial charge in [-0.25, -0.2) is 0 Å². The van der Waals surface area contributed by atoms with Crippen molar-refractivity contribution in [3.05, 3.63) is 33.4 Å². The number of aryl methyl sites for hydroxylation is 1. The minimum absolute atomic E-state index is 0.228. The largest absolute Gasteiger partial charge is 0.502 e. The summed E-state index contributed by atoms with van der Waals surface area (Å²) in [5, 5.41) is 20.8. The molecule has 1 aromatic rings. The van der Waals surface area contributed by atoms with Gasteiger partial charge in [-0.1, -0.05) is 25.0 Å². The lowest BCUT2D eigenvalue weighted by Crippen LogP contribution is -2.12. The molecule has 1 aromatic carbocycles. The average Bonchev–Trinajstić information content (AvgIpc) is 3.00. The second-order valence-corrected chi connectivity index (χ2v) is 4.71. The number of phenolic OH excluding ortho intramolecular Hbond substituents is 1. The highest BCUT2D eigenvalue weighted by molar-refractivity contribution is 5.56. The Kier molecular flexibility index (Phi) is 3.02. The number of nitro groups is 1. The van der Waals surface area contributed by atoms with Gasteiger partial charge in [-0.3, -0.25) is 10.1 Å². The van der Waals surface area contributed by atoms with E-state index >= 15 is 0 Å². The summed E-state index contributed by atoms with van der Waals surface area (Å²) in [5.74, 6) is 0.341. The first kappa shape index (κ1) is 11.9. The van der Waals surface area contributed by atoms with Crippen LogP contribution in [0.4, 0.5) is 5.69 Å². The van der Waals surface area contributed by atoms with Gasteiger partial charge >= 0.3 is 5.69 Å². The van der Waals surface area contributed by atoms with E-state index in [1.165, 1.54) is 12.8 Å². The van der Waals surface area contributed by atoms with Gasteiger partial charge in [0.25, 0.3) is 0 Å². The van der Waals surface area contributed by atoms with Crippen LogP contribution in [0.25, 0.3) is 0 Å². The lowest BCUT2D eigenvalue weighted by atomic mass is 9.98. The normalized spacial score (nSPS) is 16.8. The van der Waals surface area contributed by atoms with Gasteiger partial charge in [0, 0.05) is 17.2 Å². The molecule has 0 heterocycles. The number of aromatic hydroxyl groups is 1. The van der Waals surface area contributed by atoms with Crippen molar-refractivity contribution in [2.24, 2.45) is 11.7 Å². The third-order valence-corrected chi connectivity index (χ3v) is 3.25. The minimum Gasteiger partial charge on any atom is -0.502 e. The molecule has 1 aliphatic carbocycles. The topological polar surface area (TPSA) is 89.4 Å². The van der Waals surface area contributed by atoms with Crippen LogP contribution in [0.1, 0.15) is 36.4 Å². The SMILES string of the molecule is Cc1ccc([C@H](N)CC2CC2)c(O)c1[N+](=O)[O-]. The Morgan fingerprint density at radius 3 is 2.76 bits per heavy atom. The Labute approximate surface area is 99.4 Å². The van der Waals surface area contributed by atoms with Crippen LogP contribution in [0, 0.1) is 23.0 Å². The molecule has 0 bridgehead atoms. The molecule has 5 nitrogen and oxygen atoms in total. The predicted octanol–water partition coefficient (Wildman–Crippen LogP) is 2.41. The van der Waals surface area contributed by atoms with E-state index in [9.17, 15) is 15.2 Å². The molecule has 92 valence electrons. The predicted molar refractivity (Wildman–Crippen MR) is 63.8 cm³/mol. The molecule has 1 fully saturated rings. The average molecular weight is 236 g/mol. The van der Waals surface area contributed by atoms with Gasteiger partial charge in [0.05, 0.1) is 4.92 Å². The smallest absolute Gasteiger partial charge is 0.313 e. The summed E-state index contributed by atoms with van der Waals surface area (Å²) in [5.41, 5.74) is 6.68. The lowest BCUT2D eigenvalue weighted by molar-refractivity contribution is -0.386. The van der Waals surface area contributed by atoms with Crippen LogP contribution in [0.3, 0.4) is 0 Å². The van der Waals surface area contributed by atoms with Crippen LogP contribution < -0.4 is 5.73 Å². The quantitative estimate of drug-likeness (QED) is 0.620. The van der Waals surface area contributed by atoms with E-state index in [0.29, 0.717) is 17.0 Å². The molecule has 0 unspecified atom stereocenters. The molecule has 0 saturated heterocycles. The number of nitrogens with zero attached hydrogens (tertiary/aromatic N) is 1. The van der Waals surface area contributed by atoms with E-state index in [1.807, 2.05) is 0 Å². The number of benzene rings is 1.